The number of benzene rings is 2. The lowest BCUT2D eigenvalue weighted by molar-refractivity contribution is 0.170. The Morgan fingerprint density at radius 3 is 2.40 bits per heavy atom. The van der Waals surface area contributed by atoms with E-state index in [1.54, 1.807) is 0 Å². The van der Waals surface area contributed by atoms with Crippen LogP contribution >= 0.6 is 0 Å². The van der Waals surface area contributed by atoms with Gasteiger partial charge in [-0.15, -0.1) is 0 Å². The molecule has 0 aromatic heterocycles. The molecule has 0 aliphatic carbocycles. The van der Waals surface area contributed by atoms with E-state index in [1.807, 2.05) is 0 Å². The summed E-state index contributed by atoms with van der Waals surface area (Å²) in [5, 5.41) is 3.94. The fourth-order valence-corrected chi connectivity index (χ4v) is 3.77. The molecule has 2 aromatic carbocycles. The van der Waals surface area contributed by atoms with Crippen LogP contribution in [0.3, 0.4) is 0 Å². The molecular weight excluding hydrogens is 306 g/mol. The van der Waals surface area contributed by atoms with Crippen molar-refractivity contribution >= 4 is 0 Å². The Bertz CT molecular complexity index is 612. The van der Waals surface area contributed by atoms with Crippen molar-refractivity contribution in [3.63, 3.8) is 0 Å². The molecule has 1 heterocycles. The number of likely N-dealkylation sites (tertiary alicyclic amines) is 1. The summed E-state index contributed by atoms with van der Waals surface area (Å²) in [5.41, 5.74) is 2.80. The highest BCUT2D eigenvalue weighted by atomic mass is 15.2. The monoisotopic (exact) mass is 337 g/mol. The van der Waals surface area contributed by atoms with Crippen molar-refractivity contribution in [2.24, 2.45) is 0 Å². The first-order valence-electron chi connectivity index (χ1n) is 9.43. The normalized spacial score (nSPS) is 19.9. The van der Waals surface area contributed by atoms with Gasteiger partial charge in [-0.1, -0.05) is 60.7 Å². The maximum atomic E-state index is 3.94. The minimum absolute atomic E-state index is 0.387. The minimum atomic E-state index is 0.387. The number of hydrogen-bond donors (Lipinski definition) is 1. The Labute approximate surface area is 152 Å². The second-order valence-electron chi connectivity index (χ2n) is 7.45. The third-order valence-corrected chi connectivity index (χ3v) is 4.94. The van der Waals surface area contributed by atoms with Crippen LogP contribution in [0.4, 0.5) is 0 Å². The van der Waals surface area contributed by atoms with Crippen LogP contribution in [0.2, 0.25) is 0 Å². The molecule has 0 radical (unpaired) electrons. The third kappa shape index (κ3) is 5.67. The average Bonchev–Trinajstić information content (AvgIpc) is 2.63. The van der Waals surface area contributed by atoms with E-state index in [1.165, 1.54) is 30.5 Å². The number of rotatable bonds is 7. The van der Waals surface area contributed by atoms with Gasteiger partial charge in [0.05, 0.1) is 0 Å². The predicted molar refractivity (Wildman–Crippen MR) is 106 cm³/mol. The Morgan fingerprint density at radius 2 is 1.72 bits per heavy atom. The largest absolute Gasteiger partial charge is 0.308 e. The summed E-state index contributed by atoms with van der Waals surface area (Å²) < 4.78 is 0. The van der Waals surface area contributed by atoms with E-state index in [2.05, 4.69) is 89.9 Å². The van der Waals surface area contributed by atoms with Crippen LogP contribution in [-0.4, -0.2) is 49.6 Å². The second kappa shape index (κ2) is 9.14. The topological polar surface area (TPSA) is 18.5 Å². The van der Waals surface area contributed by atoms with Crippen molar-refractivity contribution in [2.45, 2.75) is 31.5 Å². The molecule has 2 aromatic rings. The second-order valence-corrected chi connectivity index (χ2v) is 7.45. The summed E-state index contributed by atoms with van der Waals surface area (Å²) in [5.74, 6) is 0. The molecule has 1 aliphatic heterocycles. The van der Waals surface area contributed by atoms with Gasteiger partial charge in [-0.05, 0) is 44.6 Å². The first-order valence-corrected chi connectivity index (χ1v) is 9.43. The fraction of sp³-hybridized carbons (Fsp3) is 0.455. The van der Waals surface area contributed by atoms with E-state index in [0.717, 1.165) is 19.6 Å². The molecule has 25 heavy (non-hydrogen) atoms. The molecule has 0 saturated carbocycles. The Hall–Kier alpha value is -1.68. The van der Waals surface area contributed by atoms with Crippen LogP contribution < -0.4 is 5.32 Å². The highest BCUT2D eigenvalue weighted by molar-refractivity contribution is 5.19. The molecular formula is C22H31N3. The lowest BCUT2D eigenvalue weighted by Crippen LogP contribution is -2.48. The molecule has 3 nitrogen and oxygen atoms in total. The fourth-order valence-electron chi connectivity index (χ4n) is 3.77. The van der Waals surface area contributed by atoms with Crippen molar-refractivity contribution < 1.29 is 0 Å². The molecule has 3 heteroatoms. The molecule has 1 aliphatic rings. The summed E-state index contributed by atoms with van der Waals surface area (Å²) in [6.45, 7) is 4.42. The van der Waals surface area contributed by atoms with Gasteiger partial charge >= 0.3 is 0 Å². The molecule has 0 amide bonds. The molecule has 134 valence electrons. The minimum Gasteiger partial charge on any atom is -0.308 e. The molecule has 0 spiro atoms. The van der Waals surface area contributed by atoms with Gasteiger partial charge in [-0.3, -0.25) is 4.90 Å². The van der Waals surface area contributed by atoms with E-state index in [4.69, 9.17) is 0 Å². The summed E-state index contributed by atoms with van der Waals surface area (Å²) in [7, 11) is 4.31. The van der Waals surface area contributed by atoms with Crippen LogP contribution in [0, 0.1) is 0 Å². The van der Waals surface area contributed by atoms with E-state index in [-0.39, 0.29) is 0 Å². The van der Waals surface area contributed by atoms with Crippen LogP contribution in [0.25, 0.3) is 0 Å². The number of hydrogen-bond acceptors (Lipinski definition) is 3. The van der Waals surface area contributed by atoms with Gasteiger partial charge in [0, 0.05) is 31.7 Å². The number of nitrogens with one attached hydrogen (secondary N) is 1. The van der Waals surface area contributed by atoms with Crippen molar-refractivity contribution in [1.82, 2.24) is 15.1 Å². The SMILES string of the molecule is CN(C)CC(NC1CCCN(Cc2ccccc2)C1)c1ccccc1. The standard InChI is InChI=1S/C22H31N3/c1-24(2)18-22(20-12-7-4-8-13-20)23-21-14-9-15-25(17-21)16-19-10-5-3-6-11-19/h3-8,10-13,21-23H,9,14-18H2,1-2H3. The molecule has 0 bridgehead atoms. The van der Waals surface area contributed by atoms with Crippen LogP contribution in [0.1, 0.15) is 30.0 Å². The highest BCUT2D eigenvalue weighted by Crippen LogP contribution is 2.19. The first-order chi connectivity index (χ1) is 12.2. The van der Waals surface area contributed by atoms with Crippen LogP contribution in [-0.2, 0) is 6.54 Å². The summed E-state index contributed by atoms with van der Waals surface area (Å²) in [6.07, 6.45) is 2.54. The van der Waals surface area contributed by atoms with Gasteiger partial charge < -0.3 is 10.2 Å². The third-order valence-electron chi connectivity index (χ3n) is 4.94. The van der Waals surface area contributed by atoms with Crippen molar-refractivity contribution in [3.05, 3.63) is 71.8 Å². The average molecular weight is 338 g/mol. The summed E-state index contributed by atoms with van der Waals surface area (Å²) in [6, 6.07) is 22.6. The number of likely N-dealkylation sites (N-methyl/N-ethyl adjacent to an activating group) is 1. The molecule has 1 fully saturated rings. The maximum absolute atomic E-state index is 3.94. The molecule has 1 N–H and O–H groups in total. The highest BCUT2D eigenvalue weighted by Gasteiger charge is 2.23. The summed E-state index contributed by atoms with van der Waals surface area (Å²) >= 11 is 0. The van der Waals surface area contributed by atoms with Gasteiger partial charge in [0.15, 0.2) is 0 Å². The van der Waals surface area contributed by atoms with E-state index < -0.39 is 0 Å². The van der Waals surface area contributed by atoms with Gasteiger partial charge in [0.25, 0.3) is 0 Å². The Balaban J connectivity index is 1.61. The quantitative estimate of drug-likeness (QED) is 0.834. The smallest absolute Gasteiger partial charge is 0.0451 e. The van der Waals surface area contributed by atoms with E-state index >= 15 is 0 Å². The lowest BCUT2D eigenvalue weighted by Gasteiger charge is -2.36. The Morgan fingerprint density at radius 1 is 1.04 bits per heavy atom. The van der Waals surface area contributed by atoms with Crippen LogP contribution in [0.15, 0.2) is 60.7 Å². The van der Waals surface area contributed by atoms with E-state index in [9.17, 15) is 0 Å². The van der Waals surface area contributed by atoms with Gasteiger partial charge in [0.1, 0.15) is 0 Å². The van der Waals surface area contributed by atoms with Crippen LogP contribution in [0.5, 0.6) is 0 Å². The van der Waals surface area contributed by atoms with Gasteiger partial charge in [-0.25, -0.2) is 0 Å². The van der Waals surface area contributed by atoms with Gasteiger partial charge in [-0.2, -0.15) is 0 Å². The predicted octanol–water partition coefficient (Wildman–Crippen LogP) is 3.54. The molecule has 1 saturated heterocycles. The molecule has 2 atom stereocenters. The zero-order chi connectivity index (χ0) is 17.5. The van der Waals surface area contributed by atoms with Gasteiger partial charge in [0.2, 0.25) is 0 Å². The number of piperidine rings is 1. The Kier molecular flexibility index (Phi) is 6.62. The first kappa shape index (κ1) is 18.1. The van der Waals surface area contributed by atoms with E-state index in [0.29, 0.717) is 12.1 Å². The van der Waals surface area contributed by atoms with Crippen molar-refractivity contribution in [1.29, 1.82) is 0 Å². The molecule has 3 rings (SSSR count). The maximum Gasteiger partial charge on any atom is 0.0451 e. The van der Waals surface area contributed by atoms with Crippen molar-refractivity contribution in [2.75, 3.05) is 33.7 Å². The number of nitrogens with zero attached hydrogens (tertiary/aromatic N) is 2. The zero-order valence-corrected chi connectivity index (χ0v) is 15.6. The molecule has 2 unspecified atom stereocenters. The zero-order valence-electron chi connectivity index (χ0n) is 15.6. The lowest BCUT2D eigenvalue weighted by atomic mass is 10.0. The van der Waals surface area contributed by atoms with Crippen molar-refractivity contribution in [3.8, 4) is 0 Å². The summed E-state index contributed by atoms with van der Waals surface area (Å²) in [4.78, 5) is 4.86.